The van der Waals surface area contributed by atoms with Crippen LogP contribution in [0.4, 0.5) is 0 Å². The summed E-state index contributed by atoms with van der Waals surface area (Å²) < 4.78 is 12.7. The Hall–Kier alpha value is -3.81. The van der Waals surface area contributed by atoms with Gasteiger partial charge in [-0.05, 0) is 45.0 Å². The van der Waals surface area contributed by atoms with Crippen LogP contribution in [0.3, 0.4) is 0 Å². The molecule has 0 aliphatic carbocycles. The molecule has 1 aliphatic heterocycles. The van der Waals surface area contributed by atoms with E-state index in [-0.39, 0.29) is 12.7 Å². The summed E-state index contributed by atoms with van der Waals surface area (Å²) in [5.74, 6) is 0.299. The molecule has 160 valence electrons. The second-order valence-corrected chi connectivity index (χ2v) is 7.60. The van der Waals surface area contributed by atoms with Gasteiger partial charge in [-0.1, -0.05) is 18.2 Å². The minimum atomic E-state index is -0.771. The van der Waals surface area contributed by atoms with Gasteiger partial charge in [-0.3, -0.25) is 9.59 Å². The summed E-state index contributed by atoms with van der Waals surface area (Å²) in [6.45, 7) is 5.95. The molecule has 0 radical (unpaired) electrons. The third-order valence-electron chi connectivity index (χ3n) is 5.08. The van der Waals surface area contributed by atoms with E-state index < -0.39 is 11.9 Å². The highest BCUT2D eigenvalue weighted by molar-refractivity contribution is 6.00. The molecule has 2 heterocycles. The normalized spacial score (nSPS) is 13.7. The van der Waals surface area contributed by atoms with Gasteiger partial charge >= 0.3 is 0 Å². The van der Waals surface area contributed by atoms with Gasteiger partial charge in [0.05, 0.1) is 6.21 Å². The van der Waals surface area contributed by atoms with Crippen molar-refractivity contribution < 1.29 is 19.1 Å². The Morgan fingerprint density at radius 3 is 2.68 bits per heavy atom. The summed E-state index contributed by atoms with van der Waals surface area (Å²) in [6, 6.07) is 12.4. The Bertz CT molecular complexity index is 1170. The molecular formula is C23H24N4O4. The molecule has 1 aromatic heterocycles. The van der Waals surface area contributed by atoms with E-state index in [1.54, 1.807) is 31.3 Å². The number of carbonyl (C=O) groups is 2. The molecule has 8 nitrogen and oxygen atoms in total. The molecule has 1 unspecified atom stereocenters. The SMILES string of the molecule is CC(NC(=O)c1ccc2c(c1)OCO2)C(=O)NN=Cc1cn(C(C)C)c2ccccc12. The lowest BCUT2D eigenvalue weighted by molar-refractivity contribution is -0.122. The summed E-state index contributed by atoms with van der Waals surface area (Å²) in [5.41, 5.74) is 4.89. The van der Waals surface area contributed by atoms with E-state index in [1.807, 2.05) is 24.4 Å². The molecule has 0 spiro atoms. The highest BCUT2D eigenvalue weighted by Gasteiger charge is 2.19. The van der Waals surface area contributed by atoms with Gasteiger partial charge in [0.25, 0.3) is 11.8 Å². The van der Waals surface area contributed by atoms with Crippen LogP contribution in [-0.4, -0.2) is 35.4 Å². The van der Waals surface area contributed by atoms with Gasteiger partial charge in [0.2, 0.25) is 6.79 Å². The van der Waals surface area contributed by atoms with E-state index >= 15 is 0 Å². The quantitative estimate of drug-likeness (QED) is 0.473. The average Bonchev–Trinajstić information content (AvgIpc) is 3.38. The van der Waals surface area contributed by atoms with Crippen molar-refractivity contribution in [1.82, 2.24) is 15.3 Å². The van der Waals surface area contributed by atoms with E-state index in [2.05, 4.69) is 40.3 Å². The van der Waals surface area contributed by atoms with Crippen molar-refractivity contribution in [1.29, 1.82) is 0 Å². The van der Waals surface area contributed by atoms with Crippen LogP contribution in [0.1, 0.15) is 42.7 Å². The van der Waals surface area contributed by atoms with Crippen LogP contribution in [-0.2, 0) is 4.79 Å². The zero-order valence-corrected chi connectivity index (χ0v) is 17.6. The van der Waals surface area contributed by atoms with Crippen LogP contribution in [0, 0.1) is 0 Å². The maximum absolute atomic E-state index is 12.4. The Labute approximate surface area is 179 Å². The summed E-state index contributed by atoms with van der Waals surface area (Å²) in [4.78, 5) is 24.8. The van der Waals surface area contributed by atoms with Crippen LogP contribution >= 0.6 is 0 Å². The van der Waals surface area contributed by atoms with Crippen molar-refractivity contribution >= 4 is 28.9 Å². The molecule has 0 saturated carbocycles. The fraction of sp³-hybridized carbons (Fsp3) is 0.261. The minimum absolute atomic E-state index is 0.132. The Morgan fingerprint density at radius 2 is 1.87 bits per heavy atom. The first-order chi connectivity index (χ1) is 14.9. The number of hydrogen-bond acceptors (Lipinski definition) is 5. The van der Waals surface area contributed by atoms with Gasteiger partial charge in [-0.25, -0.2) is 5.43 Å². The third-order valence-corrected chi connectivity index (χ3v) is 5.08. The smallest absolute Gasteiger partial charge is 0.262 e. The number of rotatable bonds is 6. The van der Waals surface area contributed by atoms with Crippen molar-refractivity contribution in [2.75, 3.05) is 6.79 Å². The van der Waals surface area contributed by atoms with Crippen molar-refractivity contribution in [2.45, 2.75) is 32.9 Å². The second-order valence-electron chi connectivity index (χ2n) is 7.60. The number of carbonyl (C=O) groups excluding carboxylic acids is 2. The number of fused-ring (bicyclic) bond motifs is 2. The van der Waals surface area contributed by atoms with Gasteiger partial charge in [0.15, 0.2) is 11.5 Å². The summed E-state index contributed by atoms with van der Waals surface area (Å²) >= 11 is 0. The highest BCUT2D eigenvalue weighted by atomic mass is 16.7. The number of aromatic nitrogens is 1. The molecule has 1 aliphatic rings. The molecule has 4 rings (SSSR count). The van der Waals surface area contributed by atoms with Gasteiger partial charge in [-0.15, -0.1) is 0 Å². The number of para-hydroxylation sites is 1. The Morgan fingerprint density at radius 1 is 1.10 bits per heavy atom. The number of hydrogen-bond donors (Lipinski definition) is 2. The van der Waals surface area contributed by atoms with Crippen molar-refractivity contribution in [3.63, 3.8) is 0 Å². The monoisotopic (exact) mass is 420 g/mol. The number of nitrogens with zero attached hydrogens (tertiary/aromatic N) is 2. The van der Waals surface area contributed by atoms with Gasteiger partial charge in [0.1, 0.15) is 6.04 Å². The molecule has 3 aromatic rings. The number of benzene rings is 2. The Balaban J connectivity index is 1.39. The summed E-state index contributed by atoms with van der Waals surface area (Å²) in [6.07, 6.45) is 3.63. The van der Waals surface area contributed by atoms with Gasteiger partial charge in [0, 0.05) is 34.3 Å². The second kappa shape index (κ2) is 8.51. The fourth-order valence-corrected chi connectivity index (χ4v) is 3.41. The summed E-state index contributed by atoms with van der Waals surface area (Å²) in [7, 11) is 0. The Kier molecular flexibility index (Phi) is 5.62. The van der Waals surface area contributed by atoms with E-state index in [9.17, 15) is 9.59 Å². The minimum Gasteiger partial charge on any atom is -0.454 e. The number of ether oxygens (including phenoxy) is 2. The molecule has 2 N–H and O–H groups in total. The molecule has 2 aromatic carbocycles. The predicted molar refractivity (Wildman–Crippen MR) is 118 cm³/mol. The van der Waals surface area contributed by atoms with Gasteiger partial charge < -0.3 is 19.4 Å². The summed E-state index contributed by atoms with van der Waals surface area (Å²) in [5, 5.41) is 7.80. The van der Waals surface area contributed by atoms with Crippen molar-refractivity contribution in [2.24, 2.45) is 5.10 Å². The van der Waals surface area contributed by atoms with Crippen molar-refractivity contribution in [3.05, 3.63) is 59.8 Å². The van der Waals surface area contributed by atoms with Crippen LogP contribution < -0.4 is 20.2 Å². The fourth-order valence-electron chi connectivity index (χ4n) is 3.41. The first-order valence-electron chi connectivity index (χ1n) is 10.1. The molecular weight excluding hydrogens is 396 g/mol. The van der Waals surface area contributed by atoms with E-state index in [1.165, 1.54) is 0 Å². The highest BCUT2D eigenvalue weighted by Crippen LogP contribution is 2.32. The van der Waals surface area contributed by atoms with E-state index in [0.717, 1.165) is 16.5 Å². The average molecular weight is 420 g/mol. The predicted octanol–water partition coefficient (Wildman–Crippen LogP) is 3.22. The number of amides is 2. The molecule has 0 saturated heterocycles. The molecule has 0 bridgehead atoms. The first-order valence-corrected chi connectivity index (χ1v) is 10.1. The van der Waals surface area contributed by atoms with Crippen molar-refractivity contribution in [3.8, 4) is 11.5 Å². The lowest BCUT2D eigenvalue weighted by atomic mass is 10.1. The van der Waals surface area contributed by atoms with E-state index in [0.29, 0.717) is 23.1 Å². The number of hydrazone groups is 1. The third kappa shape index (κ3) is 4.23. The van der Waals surface area contributed by atoms with E-state index in [4.69, 9.17) is 9.47 Å². The molecule has 8 heteroatoms. The molecule has 2 amide bonds. The van der Waals surface area contributed by atoms with Crippen LogP contribution in [0.15, 0.2) is 53.8 Å². The zero-order chi connectivity index (χ0) is 22.0. The molecule has 31 heavy (non-hydrogen) atoms. The number of nitrogens with one attached hydrogen (secondary N) is 2. The largest absolute Gasteiger partial charge is 0.454 e. The van der Waals surface area contributed by atoms with Crippen LogP contribution in [0.5, 0.6) is 11.5 Å². The molecule has 1 atom stereocenters. The van der Waals surface area contributed by atoms with Crippen LogP contribution in [0.2, 0.25) is 0 Å². The standard InChI is InChI=1S/C23H24N4O4/c1-14(2)27-12-17(18-6-4-5-7-19(18)27)11-24-26-22(28)15(3)25-23(29)16-8-9-20-21(10-16)31-13-30-20/h4-12,14-15H,13H2,1-3H3,(H,25,29)(H,26,28). The maximum Gasteiger partial charge on any atom is 0.262 e. The molecule has 0 fully saturated rings. The van der Waals surface area contributed by atoms with Crippen LogP contribution in [0.25, 0.3) is 10.9 Å². The lowest BCUT2D eigenvalue weighted by Crippen LogP contribution is -2.43. The topological polar surface area (TPSA) is 93.9 Å². The maximum atomic E-state index is 12.4. The van der Waals surface area contributed by atoms with Gasteiger partial charge in [-0.2, -0.15) is 5.10 Å². The zero-order valence-electron chi connectivity index (χ0n) is 17.6. The first kappa shape index (κ1) is 20.5. The lowest BCUT2D eigenvalue weighted by Gasteiger charge is -2.12.